The molecule has 7 heteroatoms. The average molecular weight is 508 g/mol. The summed E-state index contributed by atoms with van der Waals surface area (Å²) in [6.45, 7) is 2.20. The van der Waals surface area contributed by atoms with Gasteiger partial charge in [-0.3, -0.25) is 4.79 Å². The molecule has 2 rings (SSSR count). The Morgan fingerprint density at radius 1 is 1.06 bits per heavy atom. The van der Waals surface area contributed by atoms with Crippen LogP contribution in [0.5, 0.6) is 5.75 Å². The van der Waals surface area contributed by atoms with Gasteiger partial charge in [-0.05, 0) is 36.8 Å². The fourth-order valence-corrected chi connectivity index (χ4v) is 3.56. The van der Waals surface area contributed by atoms with Crippen LogP contribution < -0.4 is 10.2 Å². The highest BCUT2D eigenvalue weighted by molar-refractivity contribution is 9.10. The number of amides is 1. The van der Waals surface area contributed by atoms with Gasteiger partial charge in [-0.25, -0.2) is 10.2 Å². The predicted molar refractivity (Wildman–Crippen MR) is 129 cm³/mol. The maximum absolute atomic E-state index is 12.5. The molecule has 0 radical (unpaired) electrons. The number of rotatable bonds is 12. The number of esters is 1. The summed E-state index contributed by atoms with van der Waals surface area (Å²) in [6, 6.07) is 11.8. The minimum Gasteiger partial charge on any atom is -0.422 e. The summed E-state index contributed by atoms with van der Waals surface area (Å²) >= 11 is 9.46. The molecular weight excluding hydrogens is 480 g/mol. The molecule has 0 saturated carbocycles. The molecule has 0 aliphatic carbocycles. The summed E-state index contributed by atoms with van der Waals surface area (Å²) in [5.74, 6) is -0.377. The first-order valence-corrected chi connectivity index (χ1v) is 11.8. The lowest BCUT2D eigenvalue weighted by Gasteiger charge is -2.09. The lowest BCUT2D eigenvalue weighted by molar-refractivity contribution is -0.121. The number of hydrazone groups is 1. The number of benzene rings is 2. The van der Waals surface area contributed by atoms with Crippen molar-refractivity contribution in [2.24, 2.45) is 5.10 Å². The second-order valence-electron chi connectivity index (χ2n) is 7.22. The highest BCUT2D eigenvalue weighted by atomic mass is 79.9. The molecule has 166 valence electrons. The molecule has 0 aliphatic heterocycles. The molecule has 1 N–H and O–H groups in total. The van der Waals surface area contributed by atoms with E-state index >= 15 is 0 Å². The largest absolute Gasteiger partial charge is 0.422 e. The summed E-state index contributed by atoms with van der Waals surface area (Å²) in [6.07, 6.45) is 9.98. The number of halogens is 2. The van der Waals surface area contributed by atoms with E-state index in [0.717, 1.165) is 23.7 Å². The van der Waals surface area contributed by atoms with Crippen LogP contribution >= 0.6 is 27.5 Å². The third kappa shape index (κ3) is 9.23. The third-order valence-corrected chi connectivity index (χ3v) is 5.49. The Hall–Kier alpha value is -2.18. The van der Waals surface area contributed by atoms with Crippen molar-refractivity contribution in [3.63, 3.8) is 0 Å². The molecule has 0 unspecified atom stereocenters. The monoisotopic (exact) mass is 506 g/mol. The van der Waals surface area contributed by atoms with Crippen molar-refractivity contribution in [3.05, 3.63) is 63.1 Å². The Labute approximate surface area is 197 Å². The third-order valence-electron chi connectivity index (χ3n) is 4.67. The minimum absolute atomic E-state index is 0.130. The van der Waals surface area contributed by atoms with Gasteiger partial charge in [0.25, 0.3) is 0 Å². The van der Waals surface area contributed by atoms with Crippen LogP contribution in [0, 0.1) is 0 Å². The van der Waals surface area contributed by atoms with Gasteiger partial charge in [0.15, 0.2) is 0 Å². The zero-order valence-corrected chi connectivity index (χ0v) is 20.0. The van der Waals surface area contributed by atoms with Crippen LogP contribution in [0.25, 0.3) is 0 Å². The second kappa shape index (κ2) is 14.0. The van der Waals surface area contributed by atoms with Crippen molar-refractivity contribution in [2.75, 3.05) is 0 Å². The molecule has 0 spiro atoms. The summed E-state index contributed by atoms with van der Waals surface area (Å²) in [4.78, 5) is 24.4. The molecule has 31 heavy (non-hydrogen) atoms. The van der Waals surface area contributed by atoms with E-state index in [-0.39, 0.29) is 11.5 Å². The molecule has 0 heterocycles. The van der Waals surface area contributed by atoms with Crippen LogP contribution in [0.15, 0.2) is 52.0 Å². The van der Waals surface area contributed by atoms with Crippen molar-refractivity contribution in [1.82, 2.24) is 5.43 Å². The standard InChI is InChI=1S/C24H28BrClN2O3/c1-2-3-4-5-6-7-8-13-23(29)28-27-17-18-16-19(25)14-15-22(18)31-24(30)20-11-9-10-12-21(20)26/h9-12,14-17H,2-8,13H2,1H3,(H,28,29)/b27-17+. The van der Waals surface area contributed by atoms with Crippen LogP contribution in [0.4, 0.5) is 0 Å². The average Bonchev–Trinajstić information content (AvgIpc) is 2.75. The van der Waals surface area contributed by atoms with E-state index in [0.29, 0.717) is 22.8 Å². The van der Waals surface area contributed by atoms with E-state index in [2.05, 4.69) is 33.4 Å². The number of carbonyl (C=O) groups excluding carboxylic acids is 2. The quantitative estimate of drug-likeness (QED) is 0.112. The fraction of sp³-hybridized carbons (Fsp3) is 0.375. The first-order chi connectivity index (χ1) is 15.0. The van der Waals surface area contributed by atoms with E-state index in [1.54, 1.807) is 42.5 Å². The van der Waals surface area contributed by atoms with Gasteiger partial charge in [0.1, 0.15) is 5.75 Å². The van der Waals surface area contributed by atoms with Crippen molar-refractivity contribution >= 4 is 45.6 Å². The minimum atomic E-state index is -0.564. The Morgan fingerprint density at radius 3 is 2.52 bits per heavy atom. The zero-order chi connectivity index (χ0) is 22.5. The van der Waals surface area contributed by atoms with Gasteiger partial charge >= 0.3 is 5.97 Å². The lowest BCUT2D eigenvalue weighted by Crippen LogP contribution is -2.17. The first-order valence-electron chi connectivity index (χ1n) is 10.6. The molecule has 0 bridgehead atoms. The molecule has 1 amide bonds. The molecule has 0 saturated heterocycles. The normalized spacial score (nSPS) is 10.9. The molecule has 2 aromatic rings. The summed E-state index contributed by atoms with van der Waals surface area (Å²) in [5, 5.41) is 4.33. The zero-order valence-electron chi connectivity index (χ0n) is 17.7. The SMILES string of the molecule is CCCCCCCCCC(=O)N/N=C/c1cc(Br)ccc1OC(=O)c1ccccc1Cl. The van der Waals surface area contributed by atoms with Gasteiger partial charge < -0.3 is 4.74 Å². The van der Waals surface area contributed by atoms with Gasteiger partial charge in [0.05, 0.1) is 16.8 Å². The van der Waals surface area contributed by atoms with Crippen LogP contribution in [-0.4, -0.2) is 18.1 Å². The Kier molecular flexibility index (Phi) is 11.3. The smallest absolute Gasteiger partial charge is 0.345 e. The maximum atomic E-state index is 12.5. The first kappa shape index (κ1) is 25.1. The maximum Gasteiger partial charge on any atom is 0.345 e. The highest BCUT2D eigenvalue weighted by Gasteiger charge is 2.14. The molecule has 0 aliphatic rings. The number of unbranched alkanes of at least 4 members (excludes halogenated alkanes) is 6. The Morgan fingerprint density at radius 2 is 1.77 bits per heavy atom. The predicted octanol–water partition coefficient (Wildman–Crippen LogP) is 6.91. The number of nitrogens with one attached hydrogen (secondary N) is 1. The van der Waals surface area contributed by atoms with E-state index in [1.165, 1.54) is 31.9 Å². The lowest BCUT2D eigenvalue weighted by atomic mass is 10.1. The van der Waals surface area contributed by atoms with Crippen molar-refractivity contribution < 1.29 is 14.3 Å². The molecule has 0 atom stereocenters. The van der Waals surface area contributed by atoms with Gasteiger partial charge in [0.2, 0.25) is 5.91 Å². The van der Waals surface area contributed by atoms with Gasteiger partial charge in [-0.2, -0.15) is 5.10 Å². The summed E-state index contributed by atoms with van der Waals surface area (Å²) < 4.78 is 6.29. The number of carbonyl (C=O) groups is 2. The number of nitrogens with zero attached hydrogens (tertiary/aromatic N) is 1. The molecule has 2 aromatic carbocycles. The number of ether oxygens (including phenoxy) is 1. The van der Waals surface area contributed by atoms with Crippen LogP contribution in [-0.2, 0) is 4.79 Å². The molecule has 0 aromatic heterocycles. The number of hydrogen-bond donors (Lipinski definition) is 1. The van der Waals surface area contributed by atoms with E-state index in [9.17, 15) is 9.59 Å². The topological polar surface area (TPSA) is 67.8 Å². The van der Waals surface area contributed by atoms with E-state index in [1.807, 2.05) is 0 Å². The molecule has 0 fully saturated rings. The van der Waals surface area contributed by atoms with E-state index < -0.39 is 5.97 Å². The highest BCUT2D eigenvalue weighted by Crippen LogP contribution is 2.24. The van der Waals surface area contributed by atoms with Crippen molar-refractivity contribution in [2.45, 2.75) is 58.3 Å². The Balaban J connectivity index is 1.87. The number of hydrogen-bond acceptors (Lipinski definition) is 4. The van der Waals surface area contributed by atoms with Crippen molar-refractivity contribution in [3.8, 4) is 5.75 Å². The molecule has 5 nitrogen and oxygen atoms in total. The van der Waals surface area contributed by atoms with Crippen molar-refractivity contribution in [1.29, 1.82) is 0 Å². The summed E-state index contributed by atoms with van der Waals surface area (Å²) in [7, 11) is 0. The summed E-state index contributed by atoms with van der Waals surface area (Å²) in [5.41, 5.74) is 3.36. The van der Waals surface area contributed by atoms with E-state index in [4.69, 9.17) is 16.3 Å². The molecular formula is C24H28BrClN2O3. The van der Waals surface area contributed by atoms with Gasteiger partial charge in [-0.1, -0.05) is 85.1 Å². The second-order valence-corrected chi connectivity index (χ2v) is 8.54. The Bertz CT molecular complexity index is 902. The van der Waals surface area contributed by atoms with Crippen LogP contribution in [0.2, 0.25) is 5.02 Å². The van der Waals surface area contributed by atoms with Gasteiger partial charge in [0, 0.05) is 16.5 Å². The fourth-order valence-electron chi connectivity index (χ4n) is 2.97. The van der Waals surface area contributed by atoms with Crippen LogP contribution in [0.1, 0.15) is 74.2 Å². The van der Waals surface area contributed by atoms with Crippen LogP contribution in [0.3, 0.4) is 0 Å². The van der Waals surface area contributed by atoms with Gasteiger partial charge in [-0.15, -0.1) is 0 Å².